The van der Waals surface area contributed by atoms with Crippen molar-refractivity contribution in [2.24, 2.45) is 0 Å². The Kier molecular flexibility index (Phi) is 5.04. The third-order valence-electron chi connectivity index (χ3n) is 3.25. The summed E-state index contributed by atoms with van der Waals surface area (Å²) in [5.74, 6) is 0.749. The summed E-state index contributed by atoms with van der Waals surface area (Å²) in [5.41, 5.74) is 2.05. The molecule has 0 bridgehead atoms. The number of rotatable bonds is 4. The van der Waals surface area contributed by atoms with Crippen molar-refractivity contribution in [1.29, 1.82) is 0 Å². The lowest BCUT2D eigenvalue weighted by Gasteiger charge is -2.20. The van der Waals surface area contributed by atoms with Crippen LogP contribution >= 0.6 is 22.6 Å². The molecule has 2 aromatic carbocycles. The van der Waals surface area contributed by atoms with Gasteiger partial charge < -0.3 is 4.74 Å². The van der Waals surface area contributed by atoms with Crippen LogP contribution in [-0.4, -0.2) is 12.4 Å². The molecule has 0 radical (unpaired) electrons. The third kappa shape index (κ3) is 4.30. The highest BCUT2D eigenvalue weighted by molar-refractivity contribution is 14.1. The Morgan fingerprint density at radius 3 is 2.33 bits per heavy atom. The van der Waals surface area contributed by atoms with Crippen molar-refractivity contribution >= 4 is 28.4 Å². The molecular weight excluding hydrogens is 375 g/mol. The monoisotopic (exact) mass is 394 g/mol. The van der Waals surface area contributed by atoms with Crippen LogP contribution in [0.2, 0.25) is 0 Å². The van der Waals surface area contributed by atoms with Crippen LogP contribution in [0.5, 0.6) is 5.75 Å². The largest absolute Gasteiger partial charge is 0.484 e. The fourth-order valence-electron chi connectivity index (χ4n) is 1.94. The molecule has 0 aliphatic rings. The highest BCUT2D eigenvalue weighted by Gasteiger charge is 2.15. The first-order valence-corrected chi connectivity index (χ1v) is 7.97. The van der Waals surface area contributed by atoms with Gasteiger partial charge in [-0.05, 0) is 45.7 Å². The highest BCUT2D eigenvalue weighted by atomic mass is 127. The third-order valence-corrected chi connectivity index (χ3v) is 4.10. The van der Waals surface area contributed by atoms with E-state index in [2.05, 4.69) is 55.5 Å². The zero-order valence-corrected chi connectivity index (χ0v) is 14.7. The van der Waals surface area contributed by atoms with Gasteiger partial charge in [-0.15, -0.1) is 0 Å². The number of Topliss-reactive ketones (excluding diaryl/α,β-unsaturated/α-hetero) is 1. The average molecular weight is 394 g/mol. The van der Waals surface area contributed by atoms with Crippen LogP contribution < -0.4 is 4.74 Å². The van der Waals surface area contributed by atoms with Crippen molar-refractivity contribution in [3.8, 4) is 5.75 Å². The van der Waals surface area contributed by atoms with Crippen molar-refractivity contribution in [3.63, 3.8) is 0 Å². The van der Waals surface area contributed by atoms with E-state index in [-0.39, 0.29) is 17.8 Å². The van der Waals surface area contributed by atoms with Crippen molar-refractivity contribution in [2.45, 2.75) is 26.2 Å². The topological polar surface area (TPSA) is 26.3 Å². The highest BCUT2D eigenvalue weighted by Crippen LogP contribution is 2.29. The van der Waals surface area contributed by atoms with Crippen LogP contribution in [0.25, 0.3) is 0 Å². The normalized spacial score (nSPS) is 11.2. The summed E-state index contributed by atoms with van der Waals surface area (Å²) in [6.07, 6.45) is 0. The second-order valence-electron chi connectivity index (χ2n) is 5.97. The predicted molar refractivity (Wildman–Crippen MR) is 94.1 cm³/mol. The lowest BCUT2D eigenvalue weighted by Crippen LogP contribution is -2.14. The molecule has 0 aliphatic carbocycles. The average Bonchev–Trinajstić information content (AvgIpc) is 2.45. The van der Waals surface area contributed by atoms with E-state index >= 15 is 0 Å². The Labute approximate surface area is 139 Å². The molecule has 0 aliphatic heterocycles. The van der Waals surface area contributed by atoms with Crippen LogP contribution in [0.4, 0.5) is 0 Å². The van der Waals surface area contributed by atoms with Gasteiger partial charge in [0.05, 0.1) is 3.57 Å². The molecule has 3 heteroatoms. The molecule has 0 N–H and O–H groups in total. The van der Waals surface area contributed by atoms with Gasteiger partial charge in [0, 0.05) is 5.56 Å². The maximum absolute atomic E-state index is 12.0. The quantitative estimate of drug-likeness (QED) is 0.548. The van der Waals surface area contributed by atoms with Gasteiger partial charge in [-0.1, -0.05) is 57.2 Å². The van der Waals surface area contributed by atoms with E-state index in [9.17, 15) is 4.79 Å². The molecule has 0 atom stereocenters. The van der Waals surface area contributed by atoms with Gasteiger partial charge in [0.15, 0.2) is 12.4 Å². The smallest absolute Gasteiger partial charge is 0.200 e. The number of ketones is 1. The molecule has 0 fully saturated rings. The van der Waals surface area contributed by atoms with E-state index in [4.69, 9.17) is 4.74 Å². The number of ether oxygens (including phenoxy) is 1. The molecule has 0 aromatic heterocycles. The molecule has 2 aromatic rings. The van der Waals surface area contributed by atoms with Crippen molar-refractivity contribution < 1.29 is 9.53 Å². The molecular formula is C18H19IO2. The maximum Gasteiger partial charge on any atom is 0.200 e. The standard InChI is InChI=1S/C18H19IO2/c1-18(2,3)14-9-10-17(15(19)11-14)21-12-16(20)13-7-5-4-6-8-13/h4-11H,12H2,1-3H3. The van der Waals surface area contributed by atoms with E-state index in [0.29, 0.717) is 5.56 Å². The van der Waals surface area contributed by atoms with E-state index < -0.39 is 0 Å². The first-order valence-electron chi connectivity index (χ1n) is 6.89. The zero-order valence-electron chi connectivity index (χ0n) is 12.5. The minimum absolute atomic E-state index is 0.00806. The second-order valence-corrected chi connectivity index (χ2v) is 7.14. The molecule has 0 saturated heterocycles. The molecule has 0 heterocycles. The number of halogens is 1. The van der Waals surface area contributed by atoms with Crippen LogP contribution in [-0.2, 0) is 5.41 Å². The van der Waals surface area contributed by atoms with Crippen molar-refractivity contribution in [2.75, 3.05) is 6.61 Å². The predicted octanol–water partition coefficient (Wildman–Crippen LogP) is 4.85. The van der Waals surface area contributed by atoms with Crippen LogP contribution in [0.3, 0.4) is 0 Å². The maximum atomic E-state index is 12.0. The summed E-state index contributed by atoms with van der Waals surface area (Å²) in [6, 6.07) is 15.3. The van der Waals surface area contributed by atoms with E-state index in [1.54, 1.807) is 12.1 Å². The SMILES string of the molecule is CC(C)(C)c1ccc(OCC(=O)c2ccccc2)c(I)c1. The van der Waals surface area contributed by atoms with Crippen molar-refractivity contribution in [1.82, 2.24) is 0 Å². The van der Waals surface area contributed by atoms with Crippen LogP contribution in [0.15, 0.2) is 48.5 Å². The van der Waals surface area contributed by atoms with Crippen LogP contribution in [0, 0.1) is 3.57 Å². The Bertz CT molecular complexity index is 627. The molecule has 0 amide bonds. The molecule has 21 heavy (non-hydrogen) atoms. The van der Waals surface area contributed by atoms with E-state index in [1.165, 1.54) is 5.56 Å². The molecule has 0 spiro atoms. The molecule has 2 rings (SSSR count). The van der Waals surface area contributed by atoms with Gasteiger partial charge in [0.2, 0.25) is 0 Å². The fraction of sp³-hybridized carbons (Fsp3) is 0.278. The lowest BCUT2D eigenvalue weighted by molar-refractivity contribution is 0.0921. The number of carbonyl (C=O) groups excluding carboxylic acids is 1. The van der Waals surface area contributed by atoms with Gasteiger partial charge in [-0.3, -0.25) is 4.79 Å². The number of hydrogen-bond donors (Lipinski definition) is 0. The Hall–Kier alpha value is -1.36. The van der Waals surface area contributed by atoms with Gasteiger partial charge in [-0.25, -0.2) is 0 Å². The first-order chi connectivity index (χ1) is 9.88. The Morgan fingerprint density at radius 2 is 1.76 bits per heavy atom. The van der Waals surface area contributed by atoms with Crippen molar-refractivity contribution in [3.05, 3.63) is 63.2 Å². The Morgan fingerprint density at radius 1 is 1.10 bits per heavy atom. The zero-order chi connectivity index (χ0) is 15.5. The van der Waals surface area contributed by atoms with Gasteiger partial charge in [0.25, 0.3) is 0 Å². The molecule has 110 valence electrons. The van der Waals surface area contributed by atoms with E-state index in [1.807, 2.05) is 24.3 Å². The Balaban J connectivity index is 2.06. The lowest BCUT2D eigenvalue weighted by atomic mass is 9.87. The summed E-state index contributed by atoms with van der Waals surface area (Å²) in [5, 5.41) is 0. The first kappa shape index (κ1) is 16.0. The summed E-state index contributed by atoms with van der Waals surface area (Å²) >= 11 is 2.25. The summed E-state index contributed by atoms with van der Waals surface area (Å²) in [6.45, 7) is 6.60. The minimum Gasteiger partial charge on any atom is -0.484 e. The molecule has 0 unspecified atom stereocenters. The fourth-order valence-corrected chi connectivity index (χ4v) is 2.61. The second kappa shape index (κ2) is 6.60. The molecule has 0 saturated carbocycles. The number of carbonyl (C=O) groups is 1. The van der Waals surface area contributed by atoms with Crippen LogP contribution in [0.1, 0.15) is 36.7 Å². The van der Waals surface area contributed by atoms with Gasteiger partial charge in [-0.2, -0.15) is 0 Å². The summed E-state index contributed by atoms with van der Waals surface area (Å²) in [7, 11) is 0. The summed E-state index contributed by atoms with van der Waals surface area (Å²) < 4.78 is 6.69. The van der Waals surface area contributed by atoms with Gasteiger partial charge in [0.1, 0.15) is 5.75 Å². The minimum atomic E-state index is -0.00806. The summed E-state index contributed by atoms with van der Waals surface area (Å²) in [4.78, 5) is 12.0. The number of hydrogen-bond acceptors (Lipinski definition) is 2. The molecule has 2 nitrogen and oxygen atoms in total. The van der Waals surface area contributed by atoms with Gasteiger partial charge >= 0.3 is 0 Å². The number of benzene rings is 2. The van der Waals surface area contributed by atoms with E-state index in [0.717, 1.165) is 9.32 Å².